The molecule has 1 atom stereocenters. The minimum Gasteiger partial charge on any atom is -0.489 e. The van der Waals surface area contributed by atoms with Crippen molar-refractivity contribution < 1.29 is 23.8 Å². The minimum atomic E-state index is -0.955. The lowest BCUT2D eigenvalue weighted by Gasteiger charge is -2.30. The first kappa shape index (κ1) is 23.5. The van der Waals surface area contributed by atoms with Crippen LogP contribution >= 0.6 is 0 Å². The van der Waals surface area contributed by atoms with Crippen molar-refractivity contribution in [1.82, 2.24) is 20.1 Å². The molecule has 2 aromatic heterocycles. The van der Waals surface area contributed by atoms with E-state index in [0.29, 0.717) is 41.0 Å². The quantitative estimate of drug-likeness (QED) is 0.432. The number of fused-ring (bicyclic) bond motifs is 1. The summed E-state index contributed by atoms with van der Waals surface area (Å²) in [5.41, 5.74) is 1.23. The van der Waals surface area contributed by atoms with Crippen LogP contribution in [0.2, 0.25) is 0 Å². The molecule has 3 aromatic rings. The summed E-state index contributed by atoms with van der Waals surface area (Å²) in [5.74, 6) is 5.42. The smallest absolute Gasteiger partial charge is 0.342 e. The highest BCUT2D eigenvalue weighted by atomic mass is 19.1. The number of hydrogen-bond donors (Lipinski definition) is 2. The average Bonchev–Trinajstić information content (AvgIpc) is 3.29. The molecule has 2 N–H and O–H groups in total. The second-order valence-electron chi connectivity index (χ2n) is 8.95. The zero-order chi connectivity index (χ0) is 25.3. The third kappa shape index (κ3) is 4.78. The van der Waals surface area contributed by atoms with Crippen LogP contribution in [0.15, 0.2) is 48.9 Å². The number of anilines is 1. The average molecular weight is 490 g/mol. The summed E-state index contributed by atoms with van der Waals surface area (Å²) in [5, 5.41) is 16.9. The van der Waals surface area contributed by atoms with Crippen molar-refractivity contribution >= 4 is 17.6 Å². The van der Waals surface area contributed by atoms with Crippen molar-refractivity contribution in [1.29, 1.82) is 0 Å². The van der Waals surface area contributed by atoms with Crippen molar-refractivity contribution in [2.45, 2.75) is 37.3 Å². The summed E-state index contributed by atoms with van der Waals surface area (Å²) in [6.45, 7) is -0.0677. The largest absolute Gasteiger partial charge is 0.489 e. The number of ether oxygens (including phenoxy) is 1. The number of aromatic nitrogens is 3. The van der Waals surface area contributed by atoms with Crippen LogP contribution in [0.3, 0.4) is 0 Å². The van der Waals surface area contributed by atoms with Gasteiger partial charge in [0.15, 0.2) is 0 Å². The van der Waals surface area contributed by atoms with E-state index in [-0.39, 0.29) is 18.9 Å². The molecule has 2 amide bonds. The van der Waals surface area contributed by atoms with Gasteiger partial charge in [-0.25, -0.2) is 9.78 Å². The molecule has 36 heavy (non-hydrogen) atoms. The molecular weight excluding hydrogens is 465 g/mol. The van der Waals surface area contributed by atoms with Gasteiger partial charge in [0.2, 0.25) is 5.95 Å². The zero-order valence-corrected chi connectivity index (χ0v) is 19.6. The lowest BCUT2D eigenvalue weighted by Crippen LogP contribution is -2.50. The van der Waals surface area contributed by atoms with E-state index in [1.165, 1.54) is 23.5 Å². The molecule has 1 fully saturated rings. The Kier molecular flexibility index (Phi) is 6.16. The third-order valence-electron chi connectivity index (χ3n) is 6.35. The van der Waals surface area contributed by atoms with E-state index in [4.69, 9.17) is 4.74 Å². The van der Waals surface area contributed by atoms with Crippen LogP contribution in [0, 0.1) is 17.8 Å². The van der Waals surface area contributed by atoms with Crippen molar-refractivity contribution in [3.05, 3.63) is 71.6 Å². The van der Waals surface area contributed by atoms with Gasteiger partial charge in [0.05, 0.1) is 11.9 Å². The molecule has 0 spiro atoms. The van der Waals surface area contributed by atoms with Crippen molar-refractivity contribution in [3.8, 4) is 17.6 Å². The minimum absolute atomic E-state index is 0.0677. The highest BCUT2D eigenvalue weighted by molar-refractivity contribution is 6.00. The fourth-order valence-electron chi connectivity index (χ4n) is 4.05. The lowest BCUT2D eigenvalue weighted by atomic mass is 9.81. The summed E-state index contributed by atoms with van der Waals surface area (Å²) in [7, 11) is 1.60. The highest BCUT2D eigenvalue weighted by Crippen LogP contribution is 2.33. The summed E-state index contributed by atoms with van der Waals surface area (Å²) in [6, 6.07) is 6.88. The number of aliphatic hydroxyl groups is 1. The monoisotopic (exact) mass is 489 g/mol. The van der Waals surface area contributed by atoms with Crippen LogP contribution in [0.5, 0.6) is 5.75 Å². The maximum Gasteiger partial charge on any atom is 0.342 e. The van der Waals surface area contributed by atoms with Crippen molar-refractivity contribution in [2.24, 2.45) is 0 Å². The van der Waals surface area contributed by atoms with Crippen LogP contribution in [0.25, 0.3) is 0 Å². The molecule has 1 aromatic carbocycles. The Hall–Kier alpha value is -4.23. The predicted molar refractivity (Wildman–Crippen MR) is 128 cm³/mol. The number of halogens is 1. The fraction of sp³-hybridized carbons (Fsp3) is 0.308. The Morgan fingerprint density at radius 2 is 2.19 bits per heavy atom. The molecular formula is C26H24FN5O4. The summed E-state index contributed by atoms with van der Waals surface area (Å²) in [4.78, 5) is 30.9. The standard InChI is InChI=1S/C26H24FN5O4/c1-31-21-13-17(7-10-26(35)8-3-9-26)5-6-22(21)36-16-20(24(31)33)30-25(34)32-15-18(14-29-32)12-19-4-2-11-28-23(19)27/h2,4-6,11,13-15,20,35H,3,8-9,12,16H2,1H3,(H,30,34). The molecule has 10 heteroatoms. The van der Waals surface area contributed by atoms with Crippen LogP contribution in [0.4, 0.5) is 14.9 Å². The number of benzene rings is 1. The summed E-state index contributed by atoms with van der Waals surface area (Å²) in [6.07, 6.45) is 6.79. The Morgan fingerprint density at radius 1 is 1.36 bits per heavy atom. The SMILES string of the molecule is CN1C(=O)C(NC(=O)n2cc(Cc3cccnc3F)cn2)COc2ccc(C#CC3(O)CCC3)cc21. The number of nitrogens with zero attached hydrogens (tertiary/aromatic N) is 4. The first-order valence-corrected chi connectivity index (χ1v) is 11.6. The van der Waals surface area contributed by atoms with Gasteiger partial charge in [-0.05, 0) is 49.1 Å². The third-order valence-corrected chi connectivity index (χ3v) is 6.35. The Balaban J connectivity index is 1.27. The van der Waals surface area contributed by atoms with E-state index in [0.717, 1.165) is 11.1 Å². The van der Waals surface area contributed by atoms with Crippen molar-refractivity contribution in [3.63, 3.8) is 0 Å². The zero-order valence-electron chi connectivity index (χ0n) is 19.6. The molecule has 3 heterocycles. The lowest BCUT2D eigenvalue weighted by molar-refractivity contribution is -0.120. The second-order valence-corrected chi connectivity index (χ2v) is 8.95. The number of hydrogen-bond acceptors (Lipinski definition) is 6. The first-order chi connectivity index (χ1) is 17.3. The Labute approximate surface area is 206 Å². The maximum atomic E-state index is 13.8. The van der Waals surface area contributed by atoms with Gasteiger partial charge in [0.25, 0.3) is 5.91 Å². The Morgan fingerprint density at radius 3 is 2.94 bits per heavy atom. The van der Waals surface area contributed by atoms with E-state index in [1.807, 2.05) is 0 Å². The summed E-state index contributed by atoms with van der Waals surface area (Å²) < 4.78 is 20.7. The van der Waals surface area contributed by atoms with Gasteiger partial charge >= 0.3 is 6.03 Å². The molecule has 0 saturated heterocycles. The van der Waals surface area contributed by atoms with Gasteiger partial charge in [-0.2, -0.15) is 14.2 Å². The number of amides is 2. The van der Waals surface area contributed by atoms with Crippen LogP contribution < -0.4 is 15.0 Å². The molecule has 1 unspecified atom stereocenters. The molecule has 1 aliphatic heterocycles. The van der Waals surface area contributed by atoms with Gasteiger partial charge in [-0.15, -0.1) is 0 Å². The van der Waals surface area contributed by atoms with Crippen LogP contribution in [0.1, 0.15) is 36.0 Å². The number of carbonyl (C=O) groups excluding carboxylic acids is 2. The predicted octanol–water partition coefficient (Wildman–Crippen LogP) is 2.26. The number of likely N-dealkylation sites (N-methyl/N-ethyl adjacent to an activating group) is 1. The van der Waals surface area contributed by atoms with E-state index in [2.05, 4.69) is 27.2 Å². The Bertz CT molecular complexity index is 1390. The number of nitrogens with one attached hydrogen (secondary N) is 1. The fourth-order valence-corrected chi connectivity index (χ4v) is 4.05. The molecule has 0 radical (unpaired) electrons. The van der Waals surface area contributed by atoms with Gasteiger partial charge in [0.1, 0.15) is 24.0 Å². The molecule has 0 bridgehead atoms. The molecule has 184 valence electrons. The maximum absolute atomic E-state index is 13.8. The number of rotatable bonds is 3. The van der Waals surface area contributed by atoms with Gasteiger partial charge in [0, 0.05) is 37.0 Å². The van der Waals surface area contributed by atoms with E-state index in [9.17, 15) is 19.1 Å². The van der Waals surface area contributed by atoms with Gasteiger partial charge < -0.3 is 20.1 Å². The van der Waals surface area contributed by atoms with E-state index < -0.39 is 23.6 Å². The van der Waals surface area contributed by atoms with E-state index >= 15 is 0 Å². The number of pyridine rings is 1. The second kappa shape index (κ2) is 9.43. The van der Waals surface area contributed by atoms with Crippen LogP contribution in [-0.2, 0) is 11.2 Å². The van der Waals surface area contributed by atoms with Crippen molar-refractivity contribution in [2.75, 3.05) is 18.6 Å². The topological polar surface area (TPSA) is 110 Å². The molecule has 2 aliphatic rings. The highest BCUT2D eigenvalue weighted by Gasteiger charge is 2.33. The molecule has 1 saturated carbocycles. The normalized spacial score (nSPS) is 18.1. The summed E-state index contributed by atoms with van der Waals surface area (Å²) >= 11 is 0. The first-order valence-electron chi connectivity index (χ1n) is 11.6. The van der Waals surface area contributed by atoms with E-state index in [1.54, 1.807) is 37.4 Å². The van der Waals surface area contributed by atoms with Gasteiger partial charge in [-0.3, -0.25) is 4.79 Å². The van der Waals surface area contributed by atoms with Gasteiger partial charge in [-0.1, -0.05) is 17.9 Å². The molecule has 9 nitrogen and oxygen atoms in total. The molecule has 1 aliphatic carbocycles. The van der Waals surface area contributed by atoms with Crippen LogP contribution in [-0.4, -0.2) is 57.1 Å². The number of carbonyl (C=O) groups is 2. The molecule has 5 rings (SSSR count).